The fourth-order valence-corrected chi connectivity index (χ4v) is 3.49. The van der Waals surface area contributed by atoms with Crippen LogP contribution in [0.25, 0.3) is 0 Å². The highest BCUT2D eigenvalue weighted by Gasteiger charge is 2.65. The van der Waals surface area contributed by atoms with E-state index in [-0.39, 0.29) is 24.3 Å². The van der Waals surface area contributed by atoms with E-state index in [1.807, 2.05) is 0 Å². The minimum atomic E-state index is -9.71. The second-order valence-electron chi connectivity index (χ2n) is 7.51. The first-order valence-electron chi connectivity index (χ1n) is 10.9. The van der Waals surface area contributed by atoms with Crippen molar-refractivity contribution in [3.8, 4) is 5.75 Å². The summed E-state index contributed by atoms with van der Waals surface area (Å²) in [6.07, 6.45) is 21.6. The number of hydrogen-bond donors (Lipinski definition) is 0. The summed E-state index contributed by atoms with van der Waals surface area (Å²) in [5.41, 5.74) is 0. The Hall–Kier alpha value is -2.09. The number of ether oxygens (including phenoxy) is 1. The Morgan fingerprint density at radius 3 is 1.91 bits per heavy atom. The van der Waals surface area contributed by atoms with Crippen LogP contribution >= 0.6 is 10.2 Å². The maximum atomic E-state index is 12.7. The Bertz CT molecular complexity index is 781. The van der Waals surface area contributed by atoms with Crippen molar-refractivity contribution in [2.75, 3.05) is 0 Å². The lowest BCUT2D eigenvalue weighted by Gasteiger charge is -2.40. The van der Waals surface area contributed by atoms with E-state index in [0.29, 0.717) is 6.42 Å². The van der Waals surface area contributed by atoms with Gasteiger partial charge in [-0.3, -0.25) is 4.79 Å². The average molecular weight is 481 g/mol. The van der Waals surface area contributed by atoms with Gasteiger partial charge in [0.1, 0.15) is 10.6 Å². The van der Waals surface area contributed by atoms with Crippen molar-refractivity contribution in [1.82, 2.24) is 0 Å². The van der Waals surface area contributed by atoms with Crippen LogP contribution < -0.4 is 4.74 Å². The van der Waals surface area contributed by atoms with Crippen LogP contribution in [0.5, 0.6) is 5.75 Å². The third-order valence-corrected chi connectivity index (χ3v) is 5.70. The number of esters is 1. The normalized spacial score (nSPS) is 14.8. The van der Waals surface area contributed by atoms with Crippen LogP contribution in [0.2, 0.25) is 0 Å². The molecule has 0 bridgehead atoms. The first-order valence-corrected chi connectivity index (χ1v) is 12.9. The standard InChI is InChI=1S/C24H33F5O2S/c1-2-3-4-5-6-7-8-9-10-11-12-13-14-15-16-17-24(30)31-22-18-20-23(21-19-22)32(25,26,27,28)29/h3-4,6-7,9-10,18-21H,2,5,8,11-17H2,1H3/b4-3-,7-6-,10-9-. The van der Waals surface area contributed by atoms with Gasteiger partial charge in [0.2, 0.25) is 0 Å². The quantitative estimate of drug-likeness (QED) is 0.0821. The molecule has 0 aromatic heterocycles. The molecule has 1 aromatic carbocycles. The summed E-state index contributed by atoms with van der Waals surface area (Å²) in [5.74, 6) is -0.772. The lowest BCUT2D eigenvalue weighted by atomic mass is 10.1. The molecule has 32 heavy (non-hydrogen) atoms. The third kappa shape index (κ3) is 13.3. The van der Waals surface area contributed by atoms with E-state index in [4.69, 9.17) is 4.74 Å². The van der Waals surface area contributed by atoms with Gasteiger partial charge < -0.3 is 4.74 Å². The summed E-state index contributed by atoms with van der Waals surface area (Å²) in [7, 11) is -9.71. The van der Waals surface area contributed by atoms with Gasteiger partial charge >= 0.3 is 16.2 Å². The van der Waals surface area contributed by atoms with E-state index in [2.05, 4.69) is 43.4 Å². The highest BCUT2D eigenvalue weighted by molar-refractivity contribution is 8.45. The number of rotatable bonds is 15. The third-order valence-electron chi connectivity index (χ3n) is 4.53. The molecular formula is C24H33F5O2S. The molecular weight excluding hydrogens is 447 g/mol. The summed E-state index contributed by atoms with van der Waals surface area (Å²) in [6.45, 7) is 2.11. The van der Waals surface area contributed by atoms with Crippen LogP contribution in [0.1, 0.15) is 71.1 Å². The molecule has 0 saturated heterocycles. The van der Waals surface area contributed by atoms with Crippen molar-refractivity contribution < 1.29 is 29.0 Å². The van der Waals surface area contributed by atoms with E-state index in [1.165, 1.54) is 0 Å². The SMILES string of the molecule is CC/C=C\C/C=C\C/C=C\CCCCCCCC(=O)Oc1ccc(S(F)(F)(F)(F)F)cc1. The van der Waals surface area contributed by atoms with Crippen LogP contribution in [-0.2, 0) is 4.79 Å². The van der Waals surface area contributed by atoms with Gasteiger partial charge in [0.15, 0.2) is 0 Å². The Labute approximate surface area is 188 Å². The zero-order valence-electron chi connectivity index (χ0n) is 18.5. The van der Waals surface area contributed by atoms with Crippen molar-refractivity contribution >= 4 is 16.2 Å². The summed E-state index contributed by atoms with van der Waals surface area (Å²) in [4.78, 5) is 9.75. The maximum absolute atomic E-state index is 12.7. The molecule has 2 nitrogen and oxygen atoms in total. The second kappa shape index (κ2) is 12.2. The number of benzene rings is 1. The van der Waals surface area contributed by atoms with Gasteiger partial charge in [0, 0.05) is 6.42 Å². The van der Waals surface area contributed by atoms with Crippen LogP contribution in [0.4, 0.5) is 19.4 Å². The van der Waals surface area contributed by atoms with Crippen LogP contribution in [0.15, 0.2) is 65.6 Å². The zero-order valence-corrected chi connectivity index (χ0v) is 19.3. The Morgan fingerprint density at radius 1 is 0.781 bits per heavy atom. The minimum Gasteiger partial charge on any atom is -0.427 e. The van der Waals surface area contributed by atoms with Gasteiger partial charge in [-0.25, -0.2) is 0 Å². The molecule has 0 fully saturated rings. The van der Waals surface area contributed by atoms with Crippen molar-refractivity contribution in [3.05, 3.63) is 60.7 Å². The van der Waals surface area contributed by atoms with Crippen molar-refractivity contribution in [2.45, 2.75) is 76.0 Å². The number of unbranched alkanes of at least 4 members (excludes halogenated alkanes) is 5. The van der Waals surface area contributed by atoms with Gasteiger partial charge in [-0.1, -0.05) is 82.1 Å². The van der Waals surface area contributed by atoms with E-state index in [1.54, 1.807) is 0 Å². The minimum absolute atomic E-state index is 0.128. The van der Waals surface area contributed by atoms with Crippen LogP contribution in [0, 0.1) is 0 Å². The molecule has 0 aliphatic heterocycles. The summed E-state index contributed by atoms with van der Waals surface area (Å²) in [6, 6.07) is 1.94. The van der Waals surface area contributed by atoms with E-state index in [9.17, 15) is 24.2 Å². The first kappa shape index (κ1) is 27.9. The predicted octanol–water partition coefficient (Wildman–Crippen LogP) is 9.84. The topological polar surface area (TPSA) is 26.3 Å². The molecule has 0 radical (unpaired) electrons. The summed E-state index contributed by atoms with van der Waals surface area (Å²) in [5, 5.41) is 0. The van der Waals surface area contributed by atoms with Crippen LogP contribution in [-0.4, -0.2) is 5.97 Å². The number of carbonyl (C=O) groups is 1. The Morgan fingerprint density at radius 2 is 1.31 bits per heavy atom. The zero-order chi connectivity index (χ0) is 24.0. The molecule has 0 saturated carbocycles. The lowest BCUT2D eigenvalue weighted by molar-refractivity contribution is -0.134. The van der Waals surface area contributed by atoms with Crippen LogP contribution in [0.3, 0.4) is 0 Å². The van der Waals surface area contributed by atoms with Crippen molar-refractivity contribution in [3.63, 3.8) is 0 Å². The molecule has 0 heterocycles. The average Bonchev–Trinajstić information content (AvgIpc) is 2.69. The monoisotopic (exact) mass is 480 g/mol. The molecule has 0 spiro atoms. The molecule has 1 rings (SSSR count). The molecule has 0 aliphatic carbocycles. The Kier molecular flexibility index (Phi) is 10.7. The summed E-state index contributed by atoms with van der Waals surface area (Å²) >= 11 is 0. The fraction of sp³-hybridized carbons (Fsp3) is 0.458. The summed E-state index contributed by atoms with van der Waals surface area (Å²) < 4.78 is 68.2. The van der Waals surface area contributed by atoms with Gasteiger partial charge in [0.25, 0.3) is 0 Å². The predicted molar refractivity (Wildman–Crippen MR) is 123 cm³/mol. The molecule has 0 N–H and O–H groups in total. The number of allylic oxidation sites excluding steroid dienone is 6. The highest BCUT2D eigenvalue weighted by Crippen LogP contribution is 3.02. The molecule has 0 amide bonds. The number of carbonyl (C=O) groups excluding carboxylic acids is 1. The maximum Gasteiger partial charge on any atom is 0.311 e. The lowest BCUT2D eigenvalue weighted by Crippen LogP contribution is -2.09. The highest BCUT2D eigenvalue weighted by atomic mass is 32.5. The molecule has 8 heteroatoms. The van der Waals surface area contributed by atoms with E-state index >= 15 is 0 Å². The first-order chi connectivity index (χ1) is 14.9. The molecule has 0 aliphatic rings. The second-order valence-corrected chi connectivity index (χ2v) is 9.92. The fourth-order valence-electron chi connectivity index (χ4n) is 2.84. The molecule has 0 unspecified atom stereocenters. The van der Waals surface area contributed by atoms with Gasteiger partial charge in [-0.2, -0.15) is 0 Å². The largest absolute Gasteiger partial charge is 0.427 e. The Balaban J connectivity index is 2.11. The number of halogens is 5. The van der Waals surface area contributed by atoms with Gasteiger partial charge in [0.05, 0.1) is 0 Å². The van der Waals surface area contributed by atoms with E-state index in [0.717, 1.165) is 63.5 Å². The van der Waals surface area contributed by atoms with Crippen molar-refractivity contribution in [1.29, 1.82) is 0 Å². The van der Waals surface area contributed by atoms with Gasteiger partial charge in [-0.05, 0) is 62.8 Å². The molecule has 182 valence electrons. The van der Waals surface area contributed by atoms with Crippen molar-refractivity contribution in [2.24, 2.45) is 0 Å². The molecule has 1 aromatic rings. The van der Waals surface area contributed by atoms with Gasteiger partial charge in [-0.15, -0.1) is 0 Å². The number of hydrogen-bond acceptors (Lipinski definition) is 2. The molecule has 0 atom stereocenters. The van der Waals surface area contributed by atoms with E-state index < -0.39 is 21.1 Å². The smallest absolute Gasteiger partial charge is 0.311 e.